The lowest BCUT2D eigenvalue weighted by Gasteiger charge is -2.32. The fraction of sp³-hybridized carbons (Fsp3) is 0.692. The fourth-order valence-corrected chi connectivity index (χ4v) is 2.20. The second-order valence-corrected chi connectivity index (χ2v) is 5.09. The molecule has 1 aromatic heterocycles. The predicted molar refractivity (Wildman–Crippen MR) is 67.1 cm³/mol. The minimum absolute atomic E-state index is 0.281. The van der Waals surface area contributed by atoms with Gasteiger partial charge in [0.05, 0.1) is 0 Å². The summed E-state index contributed by atoms with van der Waals surface area (Å²) in [7, 11) is 0. The average Bonchev–Trinajstić information content (AvgIpc) is 2.39. The van der Waals surface area contributed by atoms with Crippen LogP contribution >= 0.6 is 0 Å². The summed E-state index contributed by atoms with van der Waals surface area (Å²) in [6, 6.07) is 1.86. The fourth-order valence-electron chi connectivity index (χ4n) is 2.20. The maximum absolute atomic E-state index is 12.6. The first-order valence-electron chi connectivity index (χ1n) is 6.44. The number of hydrogen-bond acceptors (Lipinski definition) is 3. The molecule has 5 heteroatoms. The van der Waals surface area contributed by atoms with E-state index in [1.54, 1.807) is 6.20 Å². The van der Waals surface area contributed by atoms with Crippen LogP contribution in [0, 0.1) is 5.92 Å². The lowest BCUT2D eigenvalue weighted by Crippen LogP contribution is -2.36. The minimum atomic E-state index is -2.19. The van der Waals surface area contributed by atoms with Crippen molar-refractivity contribution in [2.24, 2.45) is 5.92 Å². The van der Waals surface area contributed by atoms with Crippen molar-refractivity contribution < 1.29 is 8.78 Å². The Morgan fingerprint density at radius 2 is 1.94 bits per heavy atom. The van der Waals surface area contributed by atoms with Gasteiger partial charge in [0, 0.05) is 31.1 Å². The molecule has 0 bridgehead atoms. The zero-order chi connectivity index (χ0) is 13.1. The third kappa shape index (κ3) is 2.94. The van der Waals surface area contributed by atoms with Gasteiger partial charge in [-0.2, -0.15) is 0 Å². The molecular formula is C13H19F2N3. The van der Waals surface area contributed by atoms with Crippen molar-refractivity contribution in [2.45, 2.75) is 39.0 Å². The van der Waals surface area contributed by atoms with Gasteiger partial charge in [0.1, 0.15) is 11.6 Å². The molecule has 2 rings (SSSR count). The first-order chi connectivity index (χ1) is 8.58. The Hall–Kier alpha value is -1.26. The van der Waals surface area contributed by atoms with Crippen molar-refractivity contribution in [3.05, 3.63) is 18.1 Å². The molecule has 0 N–H and O–H groups in total. The Labute approximate surface area is 106 Å². The molecule has 100 valence electrons. The van der Waals surface area contributed by atoms with Gasteiger partial charge in [0.2, 0.25) is 6.43 Å². The van der Waals surface area contributed by atoms with Crippen molar-refractivity contribution in [2.75, 3.05) is 18.0 Å². The predicted octanol–water partition coefficient (Wildman–Crippen LogP) is 3.08. The van der Waals surface area contributed by atoms with Crippen LogP contribution in [0.2, 0.25) is 0 Å². The normalized spacial score (nSPS) is 17.8. The lowest BCUT2D eigenvalue weighted by molar-refractivity contribution is 0.0635. The van der Waals surface area contributed by atoms with Crippen molar-refractivity contribution in [3.8, 4) is 0 Å². The molecule has 0 saturated carbocycles. The van der Waals surface area contributed by atoms with Gasteiger partial charge >= 0.3 is 0 Å². The van der Waals surface area contributed by atoms with Gasteiger partial charge in [-0.3, -0.25) is 0 Å². The average molecular weight is 255 g/mol. The highest BCUT2D eigenvalue weighted by Crippen LogP contribution is 2.26. The standard InChI is InChI=1S/C13H19F2N3/c1-9(2)13-16-6-3-11(17-13)18-7-4-10(5-8-18)12(14)15/h3,6,9-10,12H,4-5,7-8H2,1-2H3. The summed E-state index contributed by atoms with van der Waals surface area (Å²) in [5.74, 6) is 1.50. The quantitative estimate of drug-likeness (QED) is 0.831. The molecular weight excluding hydrogens is 236 g/mol. The lowest BCUT2D eigenvalue weighted by atomic mass is 9.97. The highest BCUT2D eigenvalue weighted by Gasteiger charge is 2.26. The number of aromatic nitrogens is 2. The Bertz CT molecular complexity index is 388. The number of rotatable bonds is 3. The topological polar surface area (TPSA) is 29.0 Å². The summed E-state index contributed by atoms with van der Waals surface area (Å²) in [6.07, 6.45) is 0.637. The minimum Gasteiger partial charge on any atom is -0.356 e. The van der Waals surface area contributed by atoms with E-state index >= 15 is 0 Å². The van der Waals surface area contributed by atoms with Gasteiger partial charge in [-0.1, -0.05) is 13.8 Å². The van der Waals surface area contributed by atoms with Gasteiger partial charge in [0.15, 0.2) is 0 Å². The number of anilines is 1. The summed E-state index contributed by atoms with van der Waals surface area (Å²) < 4.78 is 25.2. The third-order valence-electron chi connectivity index (χ3n) is 3.40. The van der Waals surface area contributed by atoms with Crippen LogP contribution in [0.25, 0.3) is 0 Å². The third-order valence-corrected chi connectivity index (χ3v) is 3.40. The highest BCUT2D eigenvalue weighted by atomic mass is 19.3. The van der Waals surface area contributed by atoms with E-state index < -0.39 is 12.3 Å². The molecule has 18 heavy (non-hydrogen) atoms. The summed E-state index contributed by atoms with van der Waals surface area (Å²) in [4.78, 5) is 10.8. The van der Waals surface area contributed by atoms with Crippen LogP contribution in [0.15, 0.2) is 12.3 Å². The Kier molecular flexibility index (Phi) is 4.09. The molecule has 0 aliphatic carbocycles. The van der Waals surface area contributed by atoms with E-state index in [-0.39, 0.29) is 5.92 Å². The first-order valence-corrected chi connectivity index (χ1v) is 6.44. The Balaban J connectivity index is 2.03. The molecule has 1 fully saturated rings. The van der Waals surface area contributed by atoms with Crippen LogP contribution in [-0.4, -0.2) is 29.5 Å². The number of halogens is 2. The molecule has 1 aliphatic heterocycles. The molecule has 3 nitrogen and oxygen atoms in total. The van der Waals surface area contributed by atoms with Crippen LogP contribution in [0.4, 0.5) is 14.6 Å². The SMILES string of the molecule is CC(C)c1nccc(N2CCC(C(F)F)CC2)n1. The monoisotopic (exact) mass is 255 g/mol. The van der Waals surface area contributed by atoms with Crippen LogP contribution < -0.4 is 4.90 Å². The second kappa shape index (κ2) is 5.59. The van der Waals surface area contributed by atoms with Crippen LogP contribution in [0.3, 0.4) is 0 Å². The van der Waals surface area contributed by atoms with Crippen molar-refractivity contribution in [1.29, 1.82) is 0 Å². The smallest absolute Gasteiger partial charge is 0.241 e. The summed E-state index contributed by atoms with van der Waals surface area (Å²) in [6.45, 7) is 5.40. The molecule has 0 amide bonds. The van der Waals surface area contributed by atoms with E-state index in [2.05, 4.69) is 14.9 Å². The van der Waals surface area contributed by atoms with E-state index in [1.807, 2.05) is 19.9 Å². The molecule has 0 unspecified atom stereocenters. The highest BCUT2D eigenvalue weighted by molar-refractivity contribution is 5.38. The van der Waals surface area contributed by atoms with E-state index in [9.17, 15) is 8.78 Å². The van der Waals surface area contributed by atoms with Gasteiger partial charge in [-0.25, -0.2) is 18.7 Å². The van der Waals surface area contributed by atoms with E-state index in [0.717, 1.165) is 11.6 Å². The van der Waals surface area contributed by atoms with Crippen molar-refractivity contribution in [1.82, 2.24) is 9.97 Å². The number of piperidine rings is 1. The number of hydrogen-bond donors (Lipinski definition) is 0. The molecule has 0 atom stereocenters. The molecule has 0 radical (unpaired) electrons. The second-order valence-electron chi connectivity index (χ2n) is 5.09. The summed E-state index contributed by atoms with van der Waals surface area (Å²) >= 11 is 0. The van der Waals surface area contributed by atoms with Gasteiger partial charge in [-0.05, 0) is 18.9 Å². The van der Waals surface area contributed by atoms with Gasteiger partial charge in [-0.15, -0.1) is 0 Å². The maximum atomic E-state index is 12.6. The molecule has 0 spiro atoms. The molecule has 1 aliphatic rings. The van der Waals surface area contributed by atoms with Gasteiger partial charge in [0.25, 0.3) is 0 Å². The largest absolute Gasteiger partial charge is 0.356 e. The van der Waals surface area contributed by atoms with E-state index in [4.69, 9.17) is 0 Å². The summed E-state index contributed by atoms with van der Waals surface area (Å²) in [5.41, 5.74) is 0. The summed E-state index contributed by atoms with van der Waals surface area (Å²) in [5, 5.41) is 0. The number of nitrogens with zero attached hydrogens (tertiary/aromatic N) is 3. The molecule has 1 saturated heterocycles. The maximum Gasteiger partial charge on any atom is 0.241 e. The zero-order valence-electron chi connectivity index (χ0n) is 10.8. The van der Waals surface area contributed by atoms with Crippen molar-refractivity contribution in [3.63, 3.8) is 0 Å². The van der Waals surface area contributed by atoms with E-state index in [0.29, 0.717) is 25.9 Å². The van der Waals surface area contributed by atoms with E-state index in [1.165, 1.54) is 0 Å². The Morgan fingerprint density at radius 3 is 2.50 bits per heavy atom. The van der Waals surface area contributed by atoms with Crippen molar-refractivity contribution >= 4 is 5.82 Å². The molecule has 1 aromatic rings. The van der Waals surface area contributed by atoms with Crippen LogP contribution in [0.1, 0.15) is 38.4 Å². The molecule has 0 aromatic carbocycles. The van der Waals surface area contributed by atoms with Crippen LogP contribution in [-0.2, 0) is 0 Å². The number of alkyl halides is 2. The molecule has 2 heterocycles. The Morgan fingerprint density at radius 1 is 1.28 bits per heavy atom. The zero-order valence-corrected chi connectivity index (χ0v) is 10.8. The first kappa shape index (κ1) is 13.2. The van der Waals surface area contributed by atoms with Gasteiger partial charge < -0.3 is 4.90 Å². The van der Waals surface area contributed by atoms with Crippen LogP contribution in [0.5, 0.6) is 0 Å².